The fourth-order valence-electron chi connectivity index (χ4n) is 1.29. The highest BCUT2D eigenvalue weighted by Crippen LogP contribution is 2.07. The third kappa shape index (κ3) is 8.05. The van der Waals surface area contributed by atoms with Gasteiger partial charge in [0.25, 0.3) is 0 Å². The van der Waals surface area contributed by atoms with Crippen LogP contribution in [-0.2, 0) is 4.79 Å². The molecular weight excluding hydrogens is 176 g/mol. The van der Waals surface area contributed by atoms with Gasteiger partial charge in [0.15, 0.2) is 0 Å². The van der Waals surface area contributed by atoms with Crippen LogP contribution in [0, 0.1) is 0 Å². The Morgan fingerprint density at radius 2 is 2.07 bits per heavy atom. The van der Waals surface area contributed by atoms with Gasteiger partial charge in [-0.25, -0.2) is 0 Å². The minimum atomic E-state index is -0.245. The summed E-state index contributed by atoms with van der Waals surface area (Å²) in [5.74, 6) is 0.115. The van der Waals surface area contributed by atoms with Crippen molar-refractivity contribution < 1.29 is 4.79 Å². The van der Waals surface area contributed by atoms with Crippen LogP contribution in [0.1, 0.15) is 53.4 Å². The lowest BCUT2D eigenvalue weighted by Gasteiger charge is -2.19. The Labute approximate surface area is 87.4 Å². The molecule has 0 spiro atoms. The van der Waals surface area contributed by atoms with Crippen LogP contribution >= 0.6 is 0 Å². The van der Waals surface area contributed by atoms with Crippen molar-refractivity contribution in [1.82, 2.24) is 5.32 Å². The molecule has 0 aliphatic heterocycles. The molecule has 0 saturated heterocycles. The highest BCUT2D eigenvalue weighted by Gasteiger charge is 2.13. The maximum atomic E-state index is 11.4. The first-order valence-corrected chi connectivity index (χ1v) is 5.43. The fraction of sp³-hybridized carbons (Fsp3) is 0.909. The number of nitrogens with one attached hydrogen (secondary N) is 1. The summed E-state index contributed by atoms with van der Waals surface area (Å²) < 4.78 is 0. The van der Waals surface area contributed by atoms with E-state index in [0.717, 1.165) is 19.3 Å². The molecule has 0 saturated carbocycles. The van der Waals surface area contributed by atoms with Gasteiger partial charge in [0.1, 0.15) is 0 Å². The van der Waals surface area contributed by atoms with E-state index in [1.54, 1.807) is 0 Å². The molecule has 0 bridgehead atoms. The van der Waals surface area contributed by atoms with E-state index in [-0.39, 0.29) is 17.5 Å². The zero-order chi connectivity index (χ0) is 11.2. The van der Waals surface area contributed by atoms with E-state index in [4.69, 9.17) is 5.73 Å². The molecule has 0 aromatic carbocycles. The summed E-state index contributed by atoms with van der Waals surface area (Å²) in [4.78, 5) is 11.4. The number of rotatable bonds is 6. The van der Waals surface area contributed by atoms with Gasteiger partial charge in [-0.1, -0.05) is 13.3 Å². The fourth-order valence-corrected chi connectivity index (χ4v) is 1.29. The Balaban J connectivity index is 3.65. The first-order chi connectivity index (χ1) is 6.35. The molecule has 0 aromatic heterocycles. The summed E-state index contributed by atoms with van der Waals surface area (Å²) in [6.45, 7) is 8.03. The molecule has 0 fully saturated rings. The number of amides is 1. The Hall–Kier alpha value is -0.570. The molecule has 1 amide bonds. The Morgan fingerprint density at radius 1 is 1.50 bits per heavy atom. The average Bonchev–Trinajstić information content (AvgIpc) is 2.00. The lowest BCUT2D eigenvalue weighted by atomic mass is 10.00. The van der Waals surface area contributed by atoms with Gasteiger partial charge in [0.2, 0.25) is 5.91 Å². The molecule has 3 heteroatoms. The molecule has 1 atom stereocenters. The monoisotopic (exact) mass is 200 g/mol. The molecule has 1 unspecified atom stereocenters. The van der Waals surface area contributed by atoms with E-state index in [1.165, 1.54) is 0 Å². The van der Waals surface area contributed by atoms with Gasteiger partial charge in [-0.05, 0) is 33.6 Å². The number of hydrogen-bond donors (Lipinski definition) is 2. The summed E-state index contributed by atoms with van der Waals surface area (Å²) in [5, 5.41) is 2.96. The smallest absolute Gasteiger partial charge is 0.220 e. The van der Waals surface area contributed by atoms with E-state index in [2.05, 4.69) is 12.2 Å². The maximum Gasteiger partial charge on any atom is 0.220 e. The standard InChI is InChI=1S/C11H24N2O/c1-5-6-9(2)13-10(14)7-8-11(3,4)12/h9H,5-8,12H2,1-4H3,(H,13,14). The number of hydrogen-bond acceptors (Lipinski definition) is 2. The predicted octanol–water partition coefficient (Wildman–Crippen LogP) is 1.81. The van der Waals surface area contributed by atoms with E-state index >= 15 is 0 Å². The van der Waals surface area contributed by atoms with Crippen molar-refractivity contribution in [2.24, 2.45) is 5.73 Å². The third-order valence-corrected chi connectivity index (χ3v) is 2.13. The molecule has 14 heavy (non-hydrogen) atoms. The molecule has 0 rings (SSSR count). The lowest BCUT2D eigenvalue weighted by molar-refractivity contribution is -0.122. The molecule has 3 nitrogen and oxygen atoms in total. The summed E-state index contributed by atoms with van der Waals surface area (Å²) >= 11 is 0. The molecule has 0 aliphatic rings. The molecule has 84 valence electrons. The van der Waals surface area contributed by atoms with Gasteiger partial charge >= 0.3 is 0 Å². The highest BCUT2D eigenvalue weighted by molar-refractivity contribution is 5.76. The lowest BCUT2D eigenvalue weighted by Crippen LogP contribution is -2.37. The van der Waals surface area contributed by atoms with Crippen LogP contribution in [0.15, 0.2) is 0 Å². The molecule has 0 aromatic rings. The van der Waals surface area contributed by atoms with E-state index in [1.807, 2.05) is 20.8 Å². The minimum Gasteiger partial charge on any atom is -0.354 e. The minimum absolute atomic E-state index is 0.115. The zero-order valence-electron chi connectivity index (χ0n) is 9.89. The number of carbonyl (C=O) groups excluding carboxylic acids is 1. The third-order valence-electron chi connectivity index (χ3n) is 2.13. The zero-order valence-corrected chi connectivity index (χ0v) is 9.89. The molecular formula is C11H24N2O. The highest BCUT2D eigenvalue weighted by atomic mass is 16.1. The van der Waals surface area contributed by atoms with Crippen LogP contribution in [-0.4, -0.2) is 17.5 Å². The van der Waals surface area contributed by atoms with Crippen molar-refractivity contribution in [3.8, 4) is 0 Å². The second-order valence-corrected chi connectivity index (χ2v) is 4.75. The molecule has 3 N–H and O–H groups in total. The maximum absolute atomic E-state index is 11.4. The van der Waals surface area contributed by atoms with Crippen LogP contribution in [0.25, 0.3) is 0 Å². The first-order valence-electron chi connectivity index (χ1n) is 5.43. The number of carbonyl (C=O) groups is 1. The van der Waals surface area contributed by atoms with Gasteiger partial charge in [0, 0.05) is 18.0 Å². The first kappa shape index (κ1) is 13.4. The van der Waals surface area contributed by atoms with Gasteiger partial charge in [-0.15, -0.1) is 0 Å². The quantitative estimate of drug-likeness (QED) is 0.687. The van der Waals surface area contributed by atoms with Crippen LogP contribution in [0.2, 0.25) is 0 Å². The van der Waals surface area contributed by atoms with Crippen LogP contribution in [0.5, 0.6) is 0 Å². The average molecular weight is 200 g/mol. The van der Waals surface area contributed by atoms with Crippen molar-refractivity contribution in [1.29, 1.82) is 0 Å². The van der Waals surface area contributed by atoms with Crippen molar-refractivity contribution >= 4 is 5.91 Å². The predicted molar refractivity (Wildman–Crippen MR) is 60.0 cm³/mol. The van der Waals surface area contributed by atoms with Crippen molar-refractivity contribution in [3.63, 3.8) is 0 Å². The van der Waals surface area contributed by atoms with Crippen molar-refractivity contribution in [2.75, 3.05) is 0 Å². The summed E-state index contributed by atoms with van der Waals surface area (Å²) in [6.07, 6.45) is 3.40. The van der Waals surface area contributed by atoms with Crippen LogP contribution in [0.3, 0.4) is 0 Å². The van der Waals surface area contributed by atoms with Crippen LogP contribution < -0.4 is 11.1 Å². The van der Waals surface area contributed by atoms with Crippen LogP contribution in [0.4, 0.5) is 0 Å². The second kappa shape index (κ2) is 6.02. The van der Waals surface area contributed by atoms with E-state index < -0.39 is 0 Å². The summed E-state index contributed by atoms with van der Waals surface area (Å²) in [6, 6.07) is 0.286. The largest absolute Gasteiger partial charge is 0.354 e. The second-order valence-electron chi connectivity index (χ2n) is 4.75. The Bertz CT molecular complexity index is 173. The Kier molecular flexibility index (Phi) is 5.77. The SMILES string of the molecule is CCCC(C)NC(=O)CCC(C)(C)N. The van der Waals surface area contributed by atoms with E-state index in [0.29, 0.717) is 6.42 Å². The van der Waals surface area contributed by atoms with Gasteiger partial charge in [-0.3, -0.25) is 4.79 Å². The number of nitrogens with two attached hydrogens (primary N) is 1. The van der Waals surface area contributed by atoms with E-state index in [9.17, 15) is 4.79 Å². The normalized spacial score (nSPS) is 13.8. The topological polar surface area (TPSA) is 55.1 Å². The summed E-state index contributed by atoms with van der Waals surface area (Å²) in [5.41, 5.74) is 5.55. The molecule has 0 heterocycles. The Morgan fingerprint density at radius 3 is 2.50 bits per heavy atom. The van der Waals surface area contributed by atoms with Gasteiger partial charge in [0.05, 0.1) is 0 Å². The van der Waals surface area contributed by atoms with Crippen molar-refractivity contribution in [2.45, 2.75) is 65.0 Å². The molecule has 0 aliphatic carbocycles. The summed E-state index contributed by atoms with van der Waals surface area (Å²) in [7, 11) is 0. The van der Waals surface area contributed by atoms with Gasteiger partial charge in [-0.2, -0.15) is 0 Å². The van der Waals surface area contributed by atoms with Gasteiger partial charge < -0.3 is 11.1 Å². The molecule has 0 radical (unpaired) electrons. The van der Waals surface area contributed by atoms with Crippen molar-refractivity contribution in [3.05, 3.63) is 0 Å².